The van der Waals surface area contributed by atoms with Gasteiger partial charge in [-0.25, -0.2) is 4.98 Å². The van der Waals surface area contributed by atoms with Crippen LogP contribution in [0.2, 0.25) is 19.1 Å². The number of nitrogens with one attached hydrogen (secondary N) is 3. The maximum absolute atomic E-state index is 14.8. The molecule has 1 aliphatic rings. The van der Waals surface area contributed by atoms with Gasteiger partial charge >= 0.3 is 11.9 Å². The van der Waals surface area contributed by atoms with Gasteiger partial charge < -0.3 is 35.4 Å². The van der Waals surface area contributed by atoms with Crippen LogP contribution in [0.4, 0.5) is 0 Å². The standard InChI is InChI=1S/C47H76N6O9SSi/c1-11-16-41(56)61-29-53(47(60)42(31(5)12-2)51-45(59)38-17-13-14-23-52(38)8)39(30(3)4)27-40(62-33(7)54)46-50-37(28-63-46)44(58)49-35(26-34-18-20-36(55)21-19-34)25-32(6)43(57)48-22-15-24-64(9)10/h18-21,28,30-32,35,38-40,42,55,64H,11-17,22-27,29H2,1-10H3,(H,48,57)(H,49,58)(H,51,59)/t31-,32-,35+,38+,39+,40+,42-/m0/s1. The first-order valence-electron chi connectivity index (χ1n) is 23.3. The molecule has 1 fully saturated rings. The van der Waals surface area contributed by atoms with E-state index in [0.717, 1.165) is 48.8 Å². The summed E-state index contributed by atoms with van der Waals surface area (Å²) in [5.74, 6) is -3.04. The zero-order valence-corrected chi connectivity index (χ0v) is 41.9. The first-order chi connectivity index (χ1) is 30.3. The van der Waals surface area contributed by atoms with Crippen molar-refractivity contribution in [1.82, 2.24) is 30.7 Å². The van der Waals surface area contributed by atoms with E-state index < -0.39 is 62.7 Å². The first kappa shape index (κ1) is 54.0. The van der Waals surface area contributed by atoms with E-state index in [-0.39, 0.29) is 60.7 Å². The van der Waals surface area contributed by atoms with E-state index in [4.69, 9.17) is 9.47 Å². The molecule has 2 heterocycles. The fourth-order valence-electron chi connectivity index (χ4n) is 7.98. The number of phenolic OH excluding ortho intramolecular Hbond substituents is 1. The Hall–Kier alpha value is -4.35. The Bertz CT molecular complexity index is 1810. The van der Waals surface area contributed by atoms with Crippen molar-refractivity contribution in [3.8, 4) is 5.75 Å². The quantitative estimate of drug-likeness (QED) is 0.0354. The minimum Gasteiger partial charge on any atom is -0.508 e. The van der Waals surface area contributed by atoms with Crippen molar-refractivity contribution in [3.63, 3.8) is 0 Å². The van der Waals surface area contributed by atoms with Gasteiger partial charge in [0.05, 0.1) is 6.04 Å². The molecule has 0 unspecified atom stereocenters. The number of likely N-dealkylation sites (tertiary alicyclic amines) is 1. The number of hydrogen-bond donors (Lipinski definition) is 4. The molecule has 4 amide bonds. The molecule has 358 valence electrons. The average molecular weight is 929 g/mol. The van der Waals surface area contributed by atoms with Crippen LogP contribution in [-0.2, 0) is 39.9 Å². The number of ether oxygens (including phenoxy) is 2. The summed E-state index contributed by atoms with van der Waals surface area (Å²) in [6.07, 6.45) is 4.66. The third kappa shape index (κ3) is 17.6. The molecule has 1 aromatic heterocycles. The van der Waals surface area contributed by atoms with E-state index in [1.54, 1.807) is 29.6 Å². The smallest absolute Gasteiger partial charge is 0.307 e. The van der Waals surface area contributed by atoms with Gasteiger partial charge in [-0.05, 0) is 81.6 Å². The van der Waals surface area contributed by atoms with Gasteiger partial charge in [-0.2, -0.15) is 0 Å². The minimum absolute atomic E-state index is 0.0604. The molecule has 7 atom stereocenters. The highest BCUT2D eigenvalue weighted by Crippen LogP contribution is 2.32. The lowest BCUT2D eigenvalue weighted by Crippen LogP contribution is -2.59. The Morgan fingerprint density at radius 1 is 1.02 bits per heavy atom. The van der Waals surface area contributed by atoms with Crippen LogP contribution in [0.3, 0.4) is 0 Å². The maximum atomic E-state index is 14.8. The number of rotatable bonds is 26. The van der Waals surface area contributed by atoms with Gasteiger partial charge in [0.15, 0.2) is 12.8 Å². The molecule has 4 N–H and O–H groups in total. The normalized spacial score (nSPS) is 17.1. The number of likely N-dealkylation sites (N-methyl/N-ethyl adjacent to an activating group) is 1. The summed E-state index contributed by atoms with van der Waals surface area (Å²) in [5.41, 5.74) is 0.958. The van der Waals surface area contributed by atoms with Crippen molar-refractivity contribution in [2.45, 2.75) is 162 Å². The van der Waals surface area contributed by atoms with Crippen molar-refractivity contribution in [2.24, 2.45) is 17.8 Å². The lowest BCUT2D eigenvalue weighted by Gasteiger charge is -2.39. The summed E-state index contributed by atoms with van der Waals surface area (Å²) in [7, 11) is 1.19. The Kier molecular flexibility index (Phi) is 22.9. The number of amides is 4. The summed E-state index contributed by atoms with van der Waals surface area (Å²) >= 11 is 1.14. The fourth-order valence-corrected chi connectivity index (χ4v) is 9.84. The third-order valence-electron chi connectivity index (χ3n) is 12.0. The Morgan fingerprint density at radius 3 is 2.33 bits per heavy atom. The average Bonchev–Trinajstić information content (AvgIpc) is 3.74. The van der Waals surface area contributed by atoms with E-state index in [0.29, 0.717) is 43.7 Å². The number of carbonyl (C=O) groups is 6. The second-order valence-corrected chi connectivity index (χ2v) is 22.5. The Balaban J connectivity index is 1.92. The van der Waals surface area contributed by atoms with E-state index in [1.807, 2.05) is 53.5 Å². The van der Waals surface area contributed by atoms with Gasteiger partial charge in [0, 0.05) is 58.5 Å². The molecular formula is C47H76N6O9SSi. The number of aromatic nitrogens is 1. The maximum Gasteiger partial charge on any atom is 0.307 e. The minimum atomic E-state index is -0.986. The molecule has 17 heteroatoms. The number of benzene rings is 1. The lowest BCUT2D eigenvalue weighted by molar-refractivity contribution is -0.160. The second kappa shape index (κ2) is 27.2. The van der Waals surface area contributed by atoms with Crippen LogP contribution in [-0.4, -0.2) is 115 Å². The third-order valence-corrected chi connectivity index (χ3v) is 14.5. The first-order valence-corrected chi connectivity index (χ1v) is 27.3. The molecule has 0 aliphatic carbocycles. The summed E-state index contributed by atoms with van der Waals surface area (Å²) < 4.78 is 11.6. The molecule has 0 saturated carbocycles. The number of phenols is 1. The van der Waals surface area contributed by atoms with Crippen LogP contribution >= 0.6 is 11.3 Å². The van der Waals surface area contributed by atoms with Crippen LogP contribution in [0.25, 0.3) is 0 Å². The molecule has 2 aromatic rings. The van der Waals surface area contributed by atoms with Crippen LogP contribution in [0.1, 0.15) is 133 Å². The molecule has 1 aliphatic heterocycles. The molecule has 1 aromatic carbocycles. The highest BCUT2D eigenvalue weighted by molar-refractivity contribution is 7.09. The van der Waals surface area contributed by atoms with Gasteiger partial charge in [-0.15, -0.1) is 11.3 Å². The number of aromatic hydroxyl groups is 1. The molecule has 3 rings (SSSR count). The highest BCUT2D eigenvalue weighted by atomic mass is 32.1. The van der Waals surface area contributed by atoms with Crippen molar-refractivity contribution in [3.05, 3.63) is 45.9 Å². The summed E-state index contributed by atoms with van der Waals surface area (Å²) in [6, 6.07) is 5.43. The molecule has 64 heavy (non-hydrogen) atoms. The molecule has 0 radical (unpaired) electrons. The van der Waals surface area contributed by atoms with Gasteiger partial charge in [0.25, 0.3) is 5.91 Å². The summed E-state index contributed by atoms with van der Waals surface area (Å²) in [4.78, 5) is 89.3. The monoisotopic (exact) mass is 929 g/mol. The van der Waals surface area contributed by atoms with Crippen LogP contribution < -0.4 is 16.0 Å². The van der Waals surface area contributed by atoms with Crippen molar-refractivity contribution < 1.29 is 43.3 Å². The number of hydrogen-bond acceptors (Lipinski definition) is 12. The van der Waals surface area contributed by atoms with Gasteiger partial charge in [0.1, 0.15) is 22.5 Å². The number of esters is 2. The second-order valence-electron chi connectivity index (χ2n) is 18.3. The number of nitrogens with zero attached hydrogens (tertiary/aromatic N) is 3. The predicted octanol–water partition coefficient (Wildman–Crippen LogP) is 6.37. The molecular weight excluding hydrogens is 853 g/mol. The van der Waals surface area contributed by atoms with Crippen LogP contribution in [0, 0.1) is 17.8 Å². The lowest BCUT2D eigenvalue weighted by atomic mass is 9.92. The van der Waals surface area contributed by atoms with Crippen LogP contribution in [0.15, 0.2) is 29.6 Å². The Labute approximate surface area is 386 Å². The zero-order valence-electron chi connectivity index (χ0n) is 39.9. The molecule has 0 bridgehead atoms. The van der Waals surface area contributed by atoms with Crippen molar-refractivity contribution >= 4 is 55.7 Å². The van der Waals surface area contributed by atoms with E-state index in [1.165, 1.54) is 11.8 Å². The highest BCUT2D eigenvalue weighted by Gasteiger charge is 2.39. The summed E-state index contributed by atoms with van der Waals surface area (Å²) in [6.45, 7) is 18.2. The number of thiazole rings is 1. The number of piperidine rings is 1. The van der Waals surface area contributed by atoms with E-state index in [2.05, 4.69) is 34.0 Å². The predicted molar refractivity (Wildman–Crippen MR) is 252 cm³/mol. The SMILES string of the molecule is CCCC(=O)OCN(C(=O)[C@@H](NC(=O)[C@H]1CCCCN1C)[C@@H](C)CC)[C@H](C[C@@H](OC(C)=O)c1nc(C(=O)N[C@@H](Cc2ccc(O)cc2)C[C@H](C)C(=O)NCCC[SiH](C)C)cs1)C(C)C. The molecule has 15 nitrogen and oxygen atoms in total. The van der Waals surface area contributed by atoms with E-state index in [9.17, 15) is 33.9 Å². The largest absolute Gasteiger partial charge is 0.508 e. The Morgan fingerprint density at radius 2 is 1.72 bits per heavy atom. The van der Waals surface area contributed by atoms with Crippen molar-refractivity contribution in [2.75, 3.05) is 26.9 Å². The van der Waals surface area contributed by atoms with Gasteiger partial charge in [-0.3, -0.25) is 33.7 Å². The molecule has 1 saturated heterocycles. The zero-order chi connectivity index (χ0) is 47.5. The number of carbonyl (C=O) groups excluding carboxylic acids is 6. The fraction of sp³-hybridized carbons (Fsp3) is 0.681. The summed E-state index contributed by atoms with van der Waals surface area (Å²) in [5, 5.41) is 21.0. The topological polar surface area (TPSA) is 197 Å². The van der Waals surface area contributed by atoms with Gasteiger partial charge in [0.2, 0.25) is 17.7 Å². The van der Waals surface area contributed by atoms with E-state index >= 15 is 0 Å². The van der Waals surface area contributed by atoms with Crippen molar-refractivity contribution in [1.29, 1.82) is 0 Å². The van der Waals surface area contributed by atoms with Crippen LogP contribution in [0.5, 0.6) is 5.75 Å². The molecule has 0 spiro atoms. The van der Waals surface area contributed by atoms with Gasteiger partial charge in [-0.1, -0.05) is 85.7 Å².